The smallest absolute Gasteiger partial charge is 0.273 e. The summed E-state index contributed by atoms with van der Waals surface area (Å²) >= 11 is 0. The molecule has 2 aromatic heterocycles. The Morgan fingerprint density at radius 1 is 0.884 bits per heavy atom. The number of hydrogen-bond acceptors (Lipinski definition) is 6. The Hall–Kier alpha value is -4.73. The Balaban J connectivity index is 1.91. The molecule has 0 aromatic carbocycles. The highest BCUT2D eigenvalue weighted by Gasteiger charge is 2.29. The van der Waals surface area contributed by atoms with E-state index in [2.05, 4.69) is 20.3 Å². The summed E-state index contributed by atoms with van der Waals surface area (Å²) in [6, 6.07) is 0. The van der Waals surface area contributed by atoms with Crippen LogP contribution >= 0.6 is 0 Å². The number of carboxylic acid groups (broad SMARTS) is 2. The summed E-state index contributed by atoms with van der Waals surface area (Å²) in [6.45, 7) is 11.2. The van der Waals surface area contributed by atoms with Gasteiger partial charge in [0.15, 0.2) is 0 Å². The first-order chi connectivity index (χ1) is 20.4. The zero-order chi connectivity index (χ0) is 31.6. The van der Waals surface area contributed by atoms with Gasteiger partial charge in [-0.2, -0.15) is 0 Å². The van der Waals surface area contributed by atoms with Crippen LogP contribution in [0.15, 0.2) is 33.5 Å². The summed E-state index contributed by atoms with van der Waals surface area (Å²) in [5, 5.41) is 27.0. The number of nitrogens with zero attached hydrogens (tertiary/aromatic N) is 1. The number of rotatable bonds is 10. The first-order valence-corrected chi connectivity index (χ1v) is 14.4. The second-order valence-corrected chi connectivity index (χ2v) is 10.9. The maximum Gasteiger partial charge on any atom is 0.273 e. The maximum absolute atomic E-state index is 12.3. The van der Waals surface area contributed by atoms with Gasteiger partial charge in [0.25, 0.3) is 5.91 Å². The van der Waals surface area contributed by atoms with E-state index in [4.69, 9.17) is 0 Å². The van der Waals surface area contributed by atoms with E-state index < -0.39 is 11.9 Å². The average molecular weight is 585 g/mol. The Morgan fingerprint density at radius 2 is 1.53 bits per heavy atom. The number of nitrogens with one attached hydrogen (secondary N) is 3. The number of carbonyl (C=O) groups excluding carboxylic acids is 4. The Kier molecular flexibility index (Phi) is 9.18. The number of amides is 2. The van der Waals surface area contributed by atoms with Crippen molar-refractivity contribution in [1.82, 2.24) is 15.3 Å². The number of aliphatic carboxylic acids is 2. The SMILES string of the molecule is C/C=C1\C(=C\c2[nH]c(/C=c3\[nH]c(=CC4=NC(=O)C(CC)=C4C)c(C)c3CCC(=O)[O-])c(CCC(=O)[O-])c2C)NC(=O)[C@H]1C. The van der Waals surface area contributed by atoms with Crippen LogP contribution in [0.3, 0.4) is 0 Å². The minimum absolute atomic E-state index is 0.0968. The van der Waals surface area contributed by atoms with Gasteiger partial charge in [-0.25, -0.2) is 4.99 Å². The highest BCUT2D eigenvalue weighted by atomic mass is 16.4. The molecule has 2 aromatic rings. The van der Waals surface area contributed by atoms with E-state index in [1.165, 1.54) is 0 Å². The molecule has 2 amide bonds. The highest BCUT2D eigenvalue weighted by Crippen LogP contribution is 2.29. The van der Waals surface area contributed by atoms with Gasteiger partial charge in [0.2, 0.25) is 5.91 Å². The second-order valence-electron chi connectivity index (χ2n) is 10.9. The third kappa shape index (κ3) is 6.38. The minimum atomic E-state index is -1.18. The van der Waals surface area contributed by atoms with Gasteiger partial charge in [0.1, 0.15) is 0 Å². The normalized spacial score (nSPS) is 19.8. The number of H-pyrrole nitrogens is 2. The number of carboxylic acids is 2. The molecular formula is C33H36N4O6-2. The van der Waals surface area contributed by atoms with Crippen molar-refractivity contribution in [2.45, 2.75) is 73.6 Å². The molecule has 0 aliphatic carbocycles. The van der Waals surface area contributed by atoms with E-state index in [-0.39, 0.29) is 43.4 Å². The fourth-order valence-corrected chi connectivity index (χ4v) is 5.76. The molecule has 1 atom stereocenters. The van der Waals surface area contributed by atoms with Crippen LogP contribution in [0.25, 0.3) is 18.2 Å². The van der Waals surface area contributed by atoms with Gasteiger partial charge in [-0.15, -0.1) is 0 Å². The monoisotopic (exact) mass is 584 g/mol. The van der Waals surface area contributed by atoms with E-state index >= 15 is 0 Å². The molecule has 2 aliphatic rings. The van der Waals surface area contributed by atoms with Crippen molar-refractivity contribution in [3.63, 3.8) is 0 Å². The first-order valence-electron chi connectivity index (χ1n) is 14.4. The minimum Gasteiger partial charge on any atom is -0.550 e. The first kappa shape index (κ1) is 31.2. The number of aromatic nitrogens is 2. The van der Waals surface area contributed by atoms with Crippen molar-refractivity contribution < 1.29 is 29.4 Å². The van der Waals surface area contributed by atoms with Gasteiger partial charge in [0, 0.05) is 45.3 Å². The lowest BCUT2D eigenvalue weighted by Crippen LogP contribution is -2.23. The van der Waals surface area contributed by atoms with E-state index in [0.29, 0.717) is 45.5 Å². The molecule has 0 saturated carbocycles. The highest BCUT2D eigenvalue weighted by molar-refractivity contribution is 6.30. The third-order valence-corrected chi connectivity index (χ3v) is 8.33. The summed E-state index contributed by atoms with van der Waals surface area (Å²) < 4.78 is 0. The van der Waals surface area contributed by atoms with Crippen LogP contribution in [0.1, 0.15) is 80.6 Å². The van der Waals surface area contributed by atoms with Crippen LogP contribution in [0.2, 0.25) is 0 Å². The number of carbonyl (C=O) groups is 4. The van der Waals surface area contributed by atoms with Crippen LogP contribution in [0.5, 0.6) is 0 Å². The zero-order valence-corrected chi connectivity index (χ0v) is 25.3. The van der Waals surface area contributed by atoms with E-state index in [1.54, 1.807) is 6.08 Å². The molecule has 2 aliphatic heterocycles. The molecular weight excluding hydrogens is 548 g/mol. The standard InChI is InChI=1S/C33H38N4O6/c1-7-20-19(6)32(42)37-27(20)14-25-18(5)23(10-12-31(40)41)29(35-25)15-28-22(9-11-30(38)39)17(4)24(34-28)13-26-16(3)21(8-2)33(43)36-26/h7,13-15,19,34-35H,8-12H2,1-6H3,(H,37,42)(H,38,39)(H,40,41)/p-2/b20-7-,24-13?,27-14-,28-15-/t19-/m0/s1. The number of hydrogen-bond donors (Lipinski definition) is 3. The lowest BCUT2D eigenvalue weighted by Gasteiger charge is -2.05. The summed E-state index contributed by atoms with van der Waals surface area (Å²) in [4.78, 5) is 58.4. The molecule has 226 valence electrons. The molecule has 43 heavy (non-hydrogen) atoms. The van der Waals surface area contributed by atoms with Crippen molar-refractivity contribution in [3.8, 4) is 0 Å². The number of aromatic amines is 2. The molecule has 1 saturated heterocycles. The number of aliphatic imine (C=N–C) groups is 1. The summed E-state index contributed by atoms with van der Waals surface area (Å²) in [5.74, 6) is -3.00. The quantitative estimate of drug-likeness (QED) is 0.371. The van der Waals surface area contributed by atoms with Gasteiger partial charge in [-0.1, -0.05) is 13.0 Å². The van der Waals surface area contributed by atoms with Crippen LogP contribution in [-0.2, 0) is 32.0 Å². The van der Waals surface area contributed by atoms with Gasteiger partial charge in [-0.3, -0.25) is 9.59 Å². The van der Waals surface area contributed by atoms with Gasteiger partial charge in [0.05, 0.1) is 11.6 Å². The van der Waals surface area contributed by atoms with Gasteiger partial charge in [-0.05, 0) is 118 Å². The summed E-state index contributed by atoms with van der Waals surface area (Å²) in [6.07, 6.45) is 7.95. The Labute approximate surface area is 249 Å². The molecule has 4 rings (SSSR count). The zero-order valence-electron chi connectivity index (χ0n) is 25.3. The van der Waals surface area contributed by atoms with Crippen LogP contribution < -0.4 is 26.2 Å². The molecule has 0 spiro atoms. The summed E-state index contributed by atoms with van der Waals surface area (Å²) in [5.41, 5.74) is 8.06. The van der Waals surface area contributed by atoms with E-state index in [1.807, 2.05) is 59.8 Å². The van der Waals surface area contributed by atoms with Crippen LogP contribution in [0, 0.1) is 19.8 Å². The lowest BCUT2D eigenvalue weighted by molar-refractivity contribution is -0.307. The molecule has 10 heteroatoms. The van der Waals surface area contributed by atoms with Crippen LogP contribution in [-0.4, -0.2) is 39.4 Å². The van der Waals surface area contributed by atoms with Crippen molar-refractivity contribution in [2.75, 3.05) is 0 Å². The predicted molar refractivity (Wildman–Crippen MR) is 159 cm³/mol. The van der Waals surface area contributed by atoms with Crippen molar-refractivity contribution in [3.05, 3.63) is 72.8 Å². The van der Waals surface area contributed by atoms with E-state index in [9.17, 15) is 29.4 Å². The molecule has 10 nitrogen and oxygen atoms in total. The molecule has 3 N–H and O–H groups in total. The molecule has 0 radical (unpaired) electrons. The maximum atomic E-state index is 12.3. The number of allylic oxidation sites excluding steroid dienone is 3. The van der Waals surface area contributed by atoms with E-state index in [0.717, 1.165) is 33.4 Å². The third-order valence-electron chi connectivity index (χ3n) is 8.33. The fourth-order valence-electron chi connectivity index (χ4n) is 5.76. The molecule has 0 unspecified atom stereocenters. The van der Waals surface area contributed by atoms with Gasteiger partial charge < -0.3 is 35.1 Å². The van der Waals surface area contributed by atoms with Crippen molar-refractivity contribution >= 4 is 47.7 Å². The van der Waals surface area contributed by atoms with Gasteiger partial charge >= 0.3 is 0 Å². The lowest BCUT2D eigenvalue weighted by atomic mass is 10.00. The largest absolute Gasteiger partial charge is 0.550 e. The second kappa shape index (κ2) is 12.6. The average Bonchev–Trinajstić information content (AvgIpc) is 3.59. The molecule has 4 heterocycles. The van der Waals surface area contributed by atoms with Crippen LogP contribution in [0.4, 0.5) is 0 Å². The fraction of sp³-hybridized carbons (Fsp3) is 0.364. The predicted octanol–water partition coefficient (Wildman–Crippen LogP) is 0.695. The topological polar surface area (TPSA) is 170 Å². The Morgan fingerprint density at radius 3 is 2.12 bits per heavy atom. The van der Waals surface area contributed by atoms with Crippen molar-refractivity contribution in [1.29, 1.82) is 0 Å². The summed E-state index contributed by atoms with van der Waals surface area (Å²) in [7, 11) is 0. The van der Waals surface area contributed by atoms with Crippen molar-refractivity contribution in [2.24, 2.45) is 10.9 Å². The molecule has 1 fully saturated rings. The Bertz CT molecular complexity index is 1780. The molecule has 0 bridgehead atoms.